The van der Waals surface area contributed by atoms with Gasteiger partial charge in [0.25, 0.3) is 15.9 Å². The number of hydrogen-bond acceptors (Lipinski definition) is 3. The minimum atomic E-state index is -3.76. The summed E-state index contributed by atoms with van der Waals surface area (Å²) < 4.78 is 27.9. The molecule has 2 saturated carbocycles. The van der Waals surface area contributed by atoms with Gasteiger partial charge in [-0.15, -0.1) is 0 Å². The Balaban J connectivity index is 1.52. The fraction of sp³-hybridized carbons (Fsp3) is 0.381. The van der Waals surface area contributed by atoms with Gasteiger partial charge in [0.2, 0.25) is 0 Å². The van der Waals surface area contributed by atoms with Crippen molar-refractivity contribution in [2.45, 2.75) is 43.5 Å². The van der Waals surface area contributed by atoms with Gasteiger partial charge >= 0.3 is 0 Å². The van der Waals surface area contributed by atoms with Crippen LogP contribution in [0, 0.1) is 18.8 Å². The van der Waals surface area contributed by atoms with Gasteiger partial charge in [-0.2, -0.15) is 0 Å². The molecule has 0 aliphatic heterocycles. The highest BCUT2D eigenvalue weighted by Crippen LogP contribution is 2.44. The standard InChI is InChI=1S/C21H23ClN2O3S/c1-13-2-4-16(21(25)23-20-11-14-3-5-15(20)10-14)12-19(13)24-28(26,27)18-8-6-17(22)7-9-18/h2,4,6-9,12,14-15,20,24H,3,5,10-11H2,1H3,(H,23,25)/t14-,15-,20-/m1/s1. The lowest BCUT2D eigenvalue weighted by Crippen LogP contribution is -2.38. The number of rotatable bonds is 5. The Kier molecular flexibility index (Phi) is 5.10. The summed E-state index contributed by atoms with van der Waals surface area (Å²) in [5, 5.41) is 3.61. The number of anilines is 1. The first-order valence-corrected chi connectivity index (χ1v) is 11.4. The van der Waals surface area contributed by atoms with Gasteiger partial charge in [0.05, 0.1) is 10.6 Å². The molecule has 7 heteroatoms. The maximum atomic E-state index is 12.7. The summed E-state index contributed by atoms with van der Waals surface area (Å²) in [5.41, 5.74) is 1.60. The van der Waals surface area contributed by atoms with E-state index in [1.807, 2.05) is 0 Å². The molecule has 2 aromatic carbocycles. The number of benzene rings is 2. The number of nitrogens with one attached hydrogen (secondary N) is 2. The van der Waals surface area contributed by atoms with Crippen LogP contribution in [0.2, 0.25) is 5.02 Å². The molecule has 0 radical (unpaired) electrons. The van der Waals surface area contributed by atoms with Crippen LogP contribution in [0.1, 0.15) is 41.6 Å². The second-order valence-electron chi connectivity index (χ2n) is 7.84. The van der Waals surface area contributed by atoms with E-state index in [2.05, 4.69) is 10.0 Å². The van der Waals surface area contributed by atoms with E-state index in [1.54, 1.807) is 25.1 Å². The monoisotopic (exact) mass is 418 g/mol. The highest BCUT2D eigenvalue weighted by Gasteiger charge is 2.40. The number of amides is 1. The van der Waals surface area contributed by atoms with Gasteiger partial charge in [0, 0.05) is 16.6 Å². The zero-order valence-corrected chi connectivity index (χ0v) is 17.2. The average molecular weight is 419 g/mol. The maximum Gasteiger partial charge on any atom is 0.261 e. The summed E-state index contributed by atoms with van der Waals surface area (Å²) in [4.78, 5) is 12.8. The molecule has 0 saturated heterocycles. The first-order chi connectivity index (χ1) is 13.3. The van der Waals surface area contributed by atoms with E-state index in [0.29, 0.717) is 22.2 Å². The molecule has 148 valence electrons. The predicted octanol–water partition coefficient (Wildman–Crippen LogP) is 4.37. The van der Waals surface area contributed by atoms with Gasteiger partial charge in [-0.25, -0.2) is 8.42 Å². The number of carbonyl (C=O) groups excluding carboxylic acids is 1. The third-order valence-corrected chi connectivity index (χ3v) is 7.56. The number of hydrogen-bond donors (Lipinski definition) is 2. The van der Waals surface area contributed by atoms with Gasteiger partial charge in [0.15, 0.2) is 0 Å². The molecule has 3 atom stereocenters. The SMILES string of the molecule is Cc1ccc(C(=O)N[C@@H]2C[C@@H]3CC[C@@H]2C3)cc1NS(=O)(=O)c1ccc(Cl)cc1. The normalized spacial score (nSPS) is 23.6. The molecule has 4 rings (SSSR count). The largest absolute Gasteiger partial charge is 0.349 e. The average Bonchev–Trinajstić information content (AvgIpc) is 3.26. The van der Waals surface area contributed by atoms with Crippen LogP contribution in [0.15, 0.2) is 47.4 Å². The minimum Gasteiger partial charge on any atom is -0.349 e. The quantitative estimate of drug-likeness (QED) is 0.757. The fourth-order valence-corrected chi connectivity index (χ4v) is 5.61. The van der Waals surface area contributed by atoms with Crippen LogP contribution in [0.5, 0.6) is 0 Å². The van der Waals surface area contributed by atoms with Crippen LogP contribution >= 0.6 is 11.6 Å². The minimum absolute atomic E-state index is 0.119. The second-order valence-corrected chi connectivity index (χ2v) is 9.96. The van der Waals surface area contributed by atoms with Crippen molar-refractivity contribution in [1.29, 1.82) is 0 Å². The molecule has 2 aliphatic rings. The van der Waals surface area contributed by atoms with E-state index < -0.39 is 10.0 Å². The summed E-state index contributed by atoms with van der Waals surface area (Å²) in [6, 6.07) is 11.3. The van der Waals surface area contributed by atoms with E-state index in [4.69, 9.17) is 11.6 Å². The number of aryl methyl sites for hydroxylation is 1. The van der Waals surface area contributed by atoms with Gasteiger partial charge in [-0.05, 0) is 80.0 Å². The molecule has 2 N–H and O–H groups in total. The summed E-state index contributed by atoms with van der Waals surface area (Å²) in [7, 11) is -3.76. The van der Waals surface area contributed by atoms with Crippen LogP contribution < -0.4 is 10.0 Å². The van der Waals surface area contributed by atoms with Crippen molar-refractivity contribution in [1.82, 2.24) is 5.32 Å². The molecular weight excluding hydrogens is 396 g/mol. The van der Waals surface area contributed by atoms with E-state index in [0.717, 1.165) is 17.9 Å². The van der Waals surface area contributed by atoms with Gasteiger partial charge in [0.1, 0.15) is 0 Å². The van der Waals surface area contributed by atoms with Crippen molar-refractivity contribution in [2.75, 3.05) is 4.72 Å². The molecule has 0 heterocycles. The van der Waals surface area contributed by atoms with Crippen molar-refractivity contribution < 1.29 is 13.2 Å². The molecule has 2 fully saturated rings. The van der Waals surface area contributed by atoms with Crippen LogP contribution in [-0.4, -0.2) is 20.4 Å². The number of sulfonamides is 1. The Hall–Kier alpha value is -2.05. The zero-order valence-electron chi connectivity index (χ0n) is 15.6. The fourth-order valence-electron chi connectivity index (χ4n) is 4.36. The maximum absolute atomic E-state index is 12.7. The number of halogens is 1. The van der Waals surface area contributed by atoms with Crippen molar-refractivity contribution >= 4 is 33.2 Å². The summed E-state index contributed by atoms with van der Waals surface area (Å²) in [5.74, 6) is 1.18. The van der Waals surface area contributed by atoms with E-state index >= 15 is 0 Å². The van der Waals surface area contributed by atoms with Crippen molar-refractivity contribution in [2.24, 2.45) is 11.8 Å². The summed E-state index contributed by atoms with van der Waals surface area (Å²) in [6.45, 7) is 1.80. The van der Waals surface area contributed by atoms with Crippen LogP contribution in [0.4, 0.5) is 5.69 Å². The first kappa shape index (κ1) is 19.3. The van der Waals surface area contributed by atoms with E-state index in [9.17, 15) is 13.2 Å². The molecule has 1 amide bonds. The molecular formula is C21H23ClN2O3S. The molecule has 2 aromatic rings. The van der Waals surface area contributed by atoms with Crippen molar-refractivity contribution in [3.8, 4) is 0 Å². The lowest BCUT2D eigenvalue weighted by molar-refractivity contribution is 0.0923. The van der Waals surface area contributed by atoms with Gasteiger partial charge < -0.3 is 5.32 Å². The topological polar surface area (TPSA) is 75.3 Å². The molecule has 0 unspecified atom stereocenters. The highest BCUT2D eigenvalue weighted by atomic mass is 35.5. The Morgan fingerprint density at radius 2 is 1.82 bits per heavy atom. The van der Waals surface area contributed by atoms with Crippen LogP contribution in [0.3, 0.4) is 0 Å². The van der Waals surface area contributed by atoms with Crippen LogP contribution in [-0.2, 0) is 10.0 Å². The Bertz CT molecular complexity index is 1000. The molecule has 0 spiro atoms. The number of fused-ring (bicyclic) bond motifs is 2. The molecule has 2 bridgehead atoms. The molecule has 5 nitrogen and oxygen atoms in total. The first-order valence-electron chi connectivity index (χ1n) is 9.52. The summed E-state index contributed by atoms with van der Waals surface area (Å²) >= 11 is 5.84. The predicted molar refractivity (Wildman–Crippen MR) is 110 cm³/mol. The smallest absolute Gasteiger partial charge is 0.261 e. The third kappa shape index (κ3) is 3.89. The third-order valence-electron chi connectivity index (χ3n) is 5.92. The van der Waals surface area contributed by atoms with E-state index in [1.165, 1.54) is 43.5 Å². The van der Waals surface area contributed by atoms with Gasteiger partial charge in [-0.3, -0.25) is 9.52 Å². The van der Waals surface area contributed by atoms with Gasteiger partial charge in [-0.1, -0.05) is 24.1 Å². The van der Waals surface area contributed by atoms with Crippen LogP contribution in [0.25, 0.3) is 0 Å². The molecule has 0 aromatic heterocycles. The van der Waals surface area contributed by atoms with E-state index in [-0.39, 0.29) is 16.8 Å². The lowest BCUT2D eigenvalue weighted by Gasteiger charge is -2.23. The Labute approximate surface area is 170 Å². The molecule has 28 heavy (non-hydrogen) atoms. The van der Waals surface area contributed by atoms with Crippen molar-refractivity contribution in [3.05, 3.63) is 58.6 Å². The molecule has 2 aliphatic carbocycles. The summed E-state index contributed by atoms with van der Waals surface area (Å²) in [6.07, 6.45) is 4.73. The lowest BCUT2D eigenvalue weighted by atomic mass is 9.95. The second kappa shape index (κ2) is 7.41. The Morgan fingerprint density at radius 3 is 2.46 bits per heavy atom. The van der Waals surface area contributed by atoms with Crippen molar-refractivity contribution in [3.63, 3.8) is 0 Å². The number of carbonyl (C=O) groups is 1. The Morgan fingerprint density at radius 1 is 1.07 bits per heavy atom. The zero-order chi connectivity index (χ0) is 19.9. The highest BCUT2D eigenvalue weighted by molar-refractivity contribution is 7.92.